The van der Waals surface area contributed by atoms with E-state index in [-0.39, 0.29) is 48.9 Å². The molecule has 0 aliphatic rings. The third-order valence-corrected chi connectivity index (χ3v) is 0.283. The molecule has 0 N–H and O–H groups in total. The average Bonchev–Trinajstić information content (AvgIpc) is 1.76. The summed E-state index contributed by atoms with van der Waals surface area (Å²) in [6, 6.07) is 0. The minimum Gasteiger partial charge on any atom is -0.245 e. The smallest absolute Gasteiger partial charge is 0.0913 e. The van der Waals surface area contributed by atoms with E-state index in [1.165, 1.54) is 12.4 Å². The molecule has 6 heavy (non-hydrogen) atoms. The summed E-state index contributed by atoms with van der Waals surface area (Å²) < 4.78 is 4.08. The van der Waals surface area contributed by atoms with E-state index in [0.717, 1.165) is 0 Å². The second-order valence-corrected chi connectivity index (χ2v) is 0.591. The van der Waals surface area contributed by atoms with Gasteiger partial charge in [-0.25, -0.2) is 4.63 Å². The molecule has 1 aromatic heterocycles. The molecule has 0 radical (unpaired) electrons. The van der Waals surface area contributed by atoms with Gasteiger partial charge in [0.2, 0.25) is 0 Å². The summed E-state index contributed by atoms with van der Waals surface area (Å²) in [6.07, 6.45) is 2.94. The Hall–Kier alpha value is 0.711. The topological polar surface area (TPSA) is 38.9 Å². The van der Waals surface area contributed by atoms with Crippen LogP contribution in [-0.4, -0.2) is 59.2 Å². The molecular formula is C2H4BaN2O. The van der Waals surface area contributed by atoms with Gasteiger partial charge in [0.1, 0.15) is 0 Å². The van der Waals surface area contributed by atoms with Gasteiger partial charge in [-0.2, -0.15) is 0 Å². The molecule has 0 bridgehead atoms. The maximum atomic E-state index is 4.08. The Labute approximate surface area is 75.1 Å². The molecule has 0 unspecified atom stereocenters. The summed E-state index contributed by atoms with van der Waals surface area (Å²) in [7, 11) is 0. The summed E-state index contributed by atoms with van der Waals surface area (Å²) >= 11 is 0. The molecule has 0 saturated heterocycles. The van der Waals surface area contributed by atoms with Gasteiger partial charge in [0.15, 0.2) is 0 Å². The predicted molar refractivity (Wildman–Crippen MR) is 22.8 cm³/mol. The number of hydrogen-bond acceptors (Lipinski definition) is 3. The SMILES string of the molecule is [BaH2].c1cnon1. The largest absolute Gasteiger partial charge is 0.245 e. The van der Waals surface area contributed by atoms with Crippen molar-refractivity contribution in [1.82, 2.24) is 10.3 Å². The summed E-state index contributed by atoms with van der Waals surface area (Å²) in [4.78, 5) is 0. The second-order valence-electron chi connectivity index (χ2n) is 0.591. The quantitative estimate of drug-likeness (QED) is 0.523. The fourth-order valence-electron chi connectivity index (χ4n) is 0.136. The Morgan fingerprint density at radius 1 is 1.17 bits per heavy atom. The third-order valence-electron chi connectivity index (χ3n) is 0.283. The Balaban J connectivity index is 0.000000250. The molecule has 0 amide bonds. The molecule has 0 aromatic carbocycles. The zero-order valence-corrected chi connectivity index (χ0v) is 2.46. The molecule has 3 nitrogen and oxygen atoms in total. The molecule has 1 aromatic rings. The summed E-state index contributed by atoms with van der Waals surface area (Å²) in [6.45, 7) is 0. The molecule has 4 heteroatoms. The summed E-state index contributed by atoms with van der Waals surface area (Å²) in [5, 5.41) is 6.47. The number of aromatic nitrogens is 2. The first kappa shape index (κ1) is 6.71. The van der Waals surface area contributed by atoms with Crippen LogP contribution in [0.25, 0.3) is 0 Å². The van der Waals surface area contributed by atoms with E-state index >= 15 is 0 Å². The zero-order chi connectivity index (χ0) is 3.54. The first-order chi connectivity index (χ1) is 2.50. The molecule has 0 fully saturated rings. The van der Waals surface area contributed by atoms with Crippen molar-refractivity contribution in [2.24, 2.45) is 0 Å². The minimum atomic E-state index is 0. The molecule has 0 aliphatic heterocycles. The van der Waals surface area contributed by atoms with Gasteiger partial charge in [-0.1, -0.05) is 10.3 Å². The van der Waals surface area contributed by atoms with Gasteiger partial charge in [0, 0.05) is 0 Å². The van der Waals surface area contributed by atoms with Gasteiger partial charge in [-0.05, 0) is 0 Å². The predicted octanol–water partition coefficient (Wildman–Crippen LogP) is -0.847. The molecule has 1 heterocycles. The van der Waals surface area contributed by atoms with E-state index in [2.05, 4.69) is 14.9 Å². The van der Waals surface area contributed by atoms with E-state index < -0.39 is 0 Å². The molecule has 1 rings (SSSR count). The molecule has 0 atom stereocenters. The Morgan fingerprint density at radius 2 is 1.67 bits per heavy atom. The maximum absolute atomic E-state index is 4.08. The van der Waals surface area contributed by atoms with Crippen LogP contribution >= 0.6 is 0 Å². The van der Waals surface area contributed by atoms with Crippen molar-refractivity contribution < 1.29 is 4.63 Å². The van der Waals surface area contributed by atoms with E-state index in [4.69, 9.17) is 0 Å². The first-order valence-corrected chi connectivity index (χ1v) is 1.21. The van der Waals surface area contributed by atoms with Crippen LogP contribution in [0.3, 0.4) is 0 Å². The second kappa shape index (κ2) is 3.89. The van der Waals surface area contributed by atoms with Crippen molar-refractivity contribution in [2.45, 2.75) is 0 Å². The van der Waals surface area contributed by atoms with Crippen molar-refractivity contribution in [1.29, 1.82) is 0 Å². The monoisotopic (exact) mass is 210 g/mol. The summed E-state index contributed by atoms with van der Waals surface area (Å²) in [5.74, 6) is 0. The van der Waals surface area contributed by atoms with Gasteiger partial charge < -0.3 is 0 Å². The fraction of sp³-hybridized carbons (Fsp3) is 0. The van der Waals surface area contributed by atoms with Crippen molar-refractivity contribution in [2.75, 3.05) is 0 Å². The number of hydrogen-bond donors (Lipinski definition) is 0. The van der Waals surface area contributed by atoms with Gasteiger partial charge in [-0.15, -0.1) is 0 Å². The number of rotatable bonds is 0. The maximum Gasteiger partial charge on any atom is 0.0913 e. The van der Waals surface area contributed by atoms with Crippen molar-refractivity contribution in [3.05, 3.63) is 12.4 Å². The van der Waals surface area contributed by atoms with Crippen LogP contribution in [0, 0.1) is 0 Å². The Bertz CT molecular complexity index is 68.0. The van der Waals surface area contributed by atoms with Gasteiger partial charge in [0.05, 0.1) is 12.4 Å². The fourth-order valence-corrected chi connectivity index (χ4v) is 0.136. The molecule has 0 spiro atoms. The van der Waals surface area contributed by atoms with Crippen molar-refractivity contribution in [3.8, 4) is 0 Å². The van der Waals surface area contributed by atoms with Crippen LogP contribution in [0.4, 0.5) is 0 Å². The normalized spacial score (nSPS) is 6.67. The standard InChI is InChI=1S/C2H2N2O.Ba.2H/c1-2-4-5-3-1;;;/h1-2H;;;. The van der Waals surface area contributed by atoms with Crippen LogP contribution in [0.2, 0.25) is 0 Å². The van der Waals surface area contributed by atoms with Gasteiger partial charge in [-0.3, -0.25) is 0 Å². The Kier molecular flexibility index (Phi) is 4.35. The summed E-state index contributed by atoms with van der Waals surface area (Å²) in [5.41, 5.74) is 0. The van der Waals surface area contributed by atoms with Crippen LogP contribution in [0.15, 0.2) is 17.0 Å². The van der Waals surface area contributed by atoms with Crippen molar-refractivity contribution >= 4 is 48.9 Å². The van der Waals surface area contributed by atoms with Crippen LogP contribution < -0.4 is 0 Å². The molecule has 0 saturated carbocycles. The minimum absolute atomic E-state index is 0. The van der Waals surface area contributed by atoms with Gasteiger partial charge >= 0.3 is 48.9 Å². The van der Waals surface area contributed by atoms with E-state index in [1.807, 2.05) is 0 Å². The molecule has 0 aliphatic carbocycles. The van der Waals surface area contributed by atoms with E-state index in [0.29, 0.717) is 0 Å². The van der Waals surface area contributed by atoms with E-state index in [9.17, 15) is 0 Å². The number of nitrogens with zero attached hydrogens (tertiary/aromatic N) is 2. The van der Waals surface area contributed by atoms with Gasteiger partial charge in [0.25, 0.3) is 0 Å². The molecule has 30 valence electrons. The molecular weight excluding hydrogens is 205 g/mol. The Morgan fingerprint density at radius 3 is 1.83 bits per heavy atom. The van der Waals surface area contributed by atoms with Crippen LogP contribution in [-0.2, 0) is 0 Å². The van der Waals surface area contributed by atoms with E-state index in [1.54, 1.807) is 0 Å². The van der Waals surface area contributed by atoms with Crippen LogP contribution in [0.1, 0.15) is 0 Å². The van der Waals surface area contributed by atoms with Crippen molar-refractivity contribution in [3.63, 3.8) is 0 Å². The zero-order valence-electron chi connectivity index (χ0n) is 2.46. The first-order valence-electron chi connectivity index (χ1n) is 1.21. The van der Waals surface area contributed by atoms with Crippen LogP contribution in [0.5, 0.6) is 0 Å². The third kappa shape index (κ3) is 1.99. The average molecular weight is 209 g/mol.